The van der Waals surface area contributed by atoms with Crippen molar-refractivity contribution in [2.45, 2.75) is 13.8 Å². The van der Waals surface area contributed by atoms with Crippen molar-refractivity contribution in [3.05, 3.63) is 12.0 Å². The maximum absolute atomic E-state index is 5.12. The molecule has 0 unspecified atom stereocenters. The lowest BCUT2D eigenvalue weighted by Crippen LogP contribution is -2.06. The molecule has 48 valence electrons. The van der Waals surface area contributed by atoms with Crippen LogP contribution in [0, 0.1) is 5.92 Å². The van der Waals surface area contributed by atoms with E-state index in [1.807, 2.05) is 13.8 Å². The summed E-state index contributed by atoms with van der Waals surface area (Å²) in [7, 11) is 0. The lowest BCUT2D eigenvalue weighted by Gasteiger charge is -2.05. The van der Waals surface area contributed by atoms with Crippen LogP contribution in [0.25, 0.3) is 0 Å². The molecule has 3 nitrogen and oxygen atoms in total. The number of nitrogens with two attached hydrogens (primary N) is 2. The molecule has 0 rings (SSSR count). The lowest BCUT2D eigenvalue weighted by atomic mass is 10.2. The molecule has 0 spiro atoms. The molecule has 0 aliphatic heterocycles. The van der Waals surface area contributed by atoms with Crippen molar-refractivity contribution in [3.63, 3.8) is 0 Å². The molecular weight excluding hydrogens is 104 g/mol. The van der Waals surface area contributed by atoms with Crippen molar-refractivity contribution in [3.8, 4) is 0 Å². The van der Waals surface area contributed by atoms with Gasteiger partial charge in [-0.05, 0) is 0 Å². The topological polar surface area (TPSA) is 61.3 Å². The van der Waals surface area contributed by atoms with Crippen LogP contribution in [0.1, 0.15) is 13.8 Å². The highest BCUT2D eigenvalue weighted by Crippen LogP contribution is 2.05. The number of rotatable bonds is 2. The van der Waals surface area contributed by atoms with Crippen molar-refractivity contribution in [2.75, 3.05) is 0 Å². The molecular formula is C5H12N2O. The predicted molar refractivity (Wildman–Crippen MR) is 32.4 cm³/mol. The predicted octanol–water partition coefficient (Wildman–Crippen LogP) is 0.333. The first-order chi connectivity index (χ1) is 3.72. The van der Waals surface area contributed by atoms with Crippen LogP contribution >= 0.6 is 0 Å². The van der Waals surface area contributed by atoms with Gasteiger partial charge >= 0.3 is 0 Å². The van der Waals surface area contributed by atoms with Crippen molar-refractivity contribution >= 4 is 0 Å². The normalized spacial score (nSPS) is 12.2. The Bertz CT molecular complexity index is 88.4. The van der Waals surface area contributed by atoms with Crippen LogP contribution in [-0.4, -0.2) is 0 Å². The van der Waals surface area contributed by atoms with Gasteiger partial charge in [0.1, 0.15) is 5.76 Å². The van der Waals surface area contributed by atoms with Gasteiger partial charge in [-0.1, -0.05) is 13.8 Å². The van der Waals surface area contributed by atoms with E-state index in [1.165, 1.54) is 6.20 Å². The highest BCUT2D eigenvalue weighted by atomic mass is 16.6. The zero-order valence-corrected chi connectivity index (χ0v) is 5.22. The first kappa shape index (κ1) is 7.30. The van der Waals surface area contributed by atoms with E-state index in [9.17, 15) is 0 Å². The van der Waals surface area contributed by atoms with Gasteiger partial charge in [0, 0.05) is 12.1 Å². The van der Waals surface area contributed by atoms with E-state index in [0.29, 0.717) is 5.76 Å². The van der Waals surface area contributed by atoms with Crippen LogP contribution in [0.2, 0.25) is 0 Å². The minimum atomic E-state index is 0.269. The van der Waals surface area contributed by atoms with E-state index in [4.69, 9.17) is 11.6 Å². The molecule has 0 aromatic rings. The van der Waals surface area contributed by atoms with Crippen LogP contribution in [0.15, 0.2) is 12.0 Å². The van der Waals surface area contributed by atoms with Crippen molar-refractivity contribution in [1.29, 1.82) is 0 Å². The number of allylic oxidation sites excluding steroid dienone is 1. The largest absolute Gasteiger partial charge is 0.414 e. The summed E-state index contributed by atoms with van der Waals surface area (Å²) in [6.07, 6.45) is 1.37. The summed E-state index contributed by atoms with van der Waals surface area (Å²) < 4.78 is 0. The van der Waals surface area contributed by atoms with Gasteiger partial charge in [-0.2, -0.15) is 5.90 Å². The minimum absolute atomic E-state index is 0.269. The van der Waals surface area contributed by atoms with Gasteiger partial charge in [-0.15, -0.1) is 0 Å². The Kier molecular flexibility index (Phi) is 3.03. The second-order valence-corrected chi connectivity index (χ2v) is 1.84. The average Bonchev–Trinajstić information content (AvgIpc) is 1.69. The maximum Gasteiger partial charge on any atom is 0.141 e. The third-order valence-corrected chi connectivity index (χ3v) is 0.869. The highest BCUT2D eigenvalue weighted by Gasteiger charge is 1.99. The molecule has 4 N–H and O–H groups in total. The number of hydrogen-bond donors (Lipinski definition) is 2. The standard InChI is InChI=1S/C5H12N2O/c1-4(2)5(3-6)8-7/h3-4H,6-7H2,1-2H3/b5-3-. The molecule has 0 aliphatic carbocycles. The molecule has 0 radical (unpaired) electrons. The molecule has 0 atom stereocenters. The maximum atomic E-state index is 5.12. The van der Waals surface area contributed by atoms with E-state index in [1.54, 1.807) is 0 Å². The Morgan fingerprint density at radius 1 is 1.62 bits per heavy atom. The molecule has 3 heteroatoms. The minimum Gasteiger partial charge on any atom is -0.414 e. The molecule has 0 saturated carbocycles. The van der Waals surface area contributed by atoms with Gasteiger partial charge in [0.25, 0.3) is 0 Å². The molecule has 0 aromatic heterocycles. The zero-order chi connectivity index (χ0) is 6.57. The molecule has 0 fully saturated rings. The highest BCUT2D eigenvalue weighted by molar-refractivity contribution is 4.91. The Balaban J connectivity index is 3.72. The molecule has 0 aromatic carbocycles. The fourth-order valence-electron chi connectivity index (χ4n) is 0.368. The van der Waals surface area contributed by atoms with E-state index < -0.39 is 0 Å². The fourth-order valence-corrected chi connectivity index (χ4v) is 0.368. The van der Waals surface area contributed by atoms with Gasteiger partial charge in [-0.25, -0.2) is 0 Å². The van der Waals surface area contributed by atoms with E-state index in [2.05, 4.69) is 4.84 Å². The molecule has 0 heterocycles. The molecule has 0 bridgehead atoms. The van der Waals surface area contributed by atoms with Gasteiger partial charge in [0.05, 0.1) is 0 Å². The average molecular weight is 116 g/mol. The van der Waals surface area contributed by atoms with E-state index in [-0.39, 0.29) is 5.92 Å². The van der Waals surface area contributed by atoms with E-state index >= 15 is 0 Å². The number of hydrogen-bond acceptors (Lipinski definition) is 3. The van der Waals surface area contributed by atoms with Crippen molar-refractivity contribution in [1.82, 2.24) is 0 Å². The summed E-state index contributed by atoms with van der Waals surface area (Å²) >= 11 is 0. The summed E-state index contributed by atoms with van der Waals surface area (Å²) in [6.45, 7) is 3.90. The molecule has 0 saturated heterocycles. The summed E-state index contributed by atoms with van der Waals surface area (Å²) in [6, 6.07) is 0. The van der Waals surface area contributed by atoms with Crippen LogP contribution in [0.3, 0.4) is 0 Å². The summed E-state index contributed by atoms with van der Waals surface area (Å²) in [5.41, 5.74) is 5.12. The Morgan fingerprint density at radius 3 is 2.12 bits per heavy atom. The third kappa shape index (κ3) is 1.84. The van der Waals surface area contributed by atoms with Gasteiger partial charge in [-0.3, -0.25) is 0 Å². The Hall–Kier alpha value is -0.700. The second kappa shape index (κ2) is 3.32. The Labute approximate surface area is 49.3 Å². The lowest BCUT2D eigenvalue weighted by molar-refractivity contribution is 0.190. The van der Waals surface area contributed by atoms with Crippen molar-refractivity contribution < 1.29 is 4.84 Å². The summed E-state index contributed by atoms with van der Waals surface area (Å²) in [5, 5.41) is 0. The summed E-state index contributed by atoms with van der Waals surface area (Å²) in [4.78, 5) is 4.40. The third-order valence-electron chi connectivity index (χ3n) is 0.869. The van der Waals surface area contributed by atoms with Gasteiger partial charge in [0.2, 0.25) is 0 Å². The first-order valence-electron chi connectivity index (χ1n) is 2.51. The Morgan fingerprint density at radius 2 is 2.12 bits per heavy atom. The quantitative estimate of drug-likeness (QED) is 0.404. The fraction of sp³-hybridized carbons (Fsp3) is 0.600. The van der Waals surface area contributed by atoms with Gasteiger partial charge < -0.3 is 10.6 Å². The SMILES string of the molecule is CC(C)/C(=C/N)ON. The molecule has 8 heavy (non-hydrogen) atoms. The van der Waals surface area contributed by atoms with E-state index in [0.717, 1.165) is 0 Å². The molecule has 0 amide bonds. The first-order valence-corrected chi connectivity index (χ1v) is 2.51. The van der Waals surface area contributed by atoms with Crippen LogP contribution < -0.4 is 11.6 Å². The smallest absolute Gasteiger partial charge is 0.141 e. The second-order valence-electron chi connectivity index (χ2n) is 1.84. The van der Waals surface area contributed by atoms with Crippen molar-refractivity contribution in [2.24, 2.45) is 17.5 Å². The monoisotopic (exact) mass is 116 g/mol. The zero-order valence-electron chi connectivity index (χ0n) is 5.22. The summed E-state index contributed by atoms with van der Waals surface area (Å²) in [5.74, 6) is 5.72. The molecule has 0 aliphatic rings. The van der Waals surface area contributed by atoms with Crippen LogP contribution in [0.5, 0.6) is 0 Å². The van der Waals surface area contributed by atoms with Gasteiger partial charge in [0.15, 0.2) is 0 Å². The van der Waals surface area contributed by atoms with Crippen LogP contribution in [0.4, 0.5) is 0 Å². The van der Waals surface area contributed by atoms with Crippen LogP contribution in [-0.2, 0) is 4.84 Å².